The first-order valence-electron chi connectivity index (χ1n) is 7.81. The van der Waals surface area contributed by atoms with Crippen molar-refractivity contribution in [2.45, 2.75) is 65.0 Å². The molecule has 0 radical (unpaired) electrons. The van der Waals surface area contributed by atoms with E-state index >= 15 is 0 Å². The molecular formula is C16H29NO3. The Morgan fingerprint density at radius 1 is 1.35 bits per heavy atom. The van der Waals surface area contributed by atoms with Crippen LogP contribution in [0.1, 0.15) is 53.4 Å². The van der Waals surface area contributed by atoms with Gasteiger partial charge in [0.05, 0.1) is 24.2 Å². The number of hydrogen-bond acceptors (Lipinski definition) is 3. The molecular weight excluding hydrogens is 254 g/mol. The molecule has 4 nitrogen and oxygen atoms in total. The Labute approximate surface area is 122 Å². The maximum atomic E-state index is 12.5. The third-order valence-corrected chi connectivity index (χ3v) is 4.86. The Morgan fingerprint density at radius 2 is 2.05 bits per heavy atom. The van der Waals surface area contributed by atoms with Crippen LogP contribution in [0.5, 0.6) is 0 Å². The first kappa shape index (κ1) is 15.8. The Bertz CT molecular complexity index is 369. The molecule has 1 aliphatic carbocycles. The van der Waals surface area contributed by atoms with Gasteiger partial charge < -0.3 is 15.2 Å². The molecule has 1 heterocycles. The van der Waals surface area contributed by atoms with Gasteiger partial charge in [-0.2, -0.15) is 0 Å². The maximum absolute atomic E-state index is 12.5. The summed E-state index contributed by atoms with van der Waals surface area (Å²) < 4.78 is 5.48. The van der Waals surface area contributed by atoms with Crippen LogP contribution < -0.4 is 5.32 Å². The minimum absolute atomic E-state index is 0.0141. The maximum Gasteiger partial charge on any atom is 0.226 e. The van der Waals surface area contributed by atoms with Gasteiger partial charge in [-0.3, -0.25) is 4.79 Å². The van der Waals surface area contributed by atoms with Gasteiger partial charge in [-0.05, 0) is 43.9 Å². The molecule has 4 heteroatoms. The minimum atomic E-state index is -0.458. The highest BCUT2D eigenvalue weighted by Crippen LogP contribution is 2.44. The van der Waals surface area contributed by atoms with Gasteiger partial charge in [0.1, 0.15) is 0 Å². The quantitative estimate of drug-likeness (QED) is 0.834. The van der Waals surface area contributed by atoms with Gasteiger partial charge in [0.25, 0.3) is 0 Å². The van der Waals surface area contributed by atoms with Crippen LogP contribution in [0.25, 0.3) is 0 Å². The van der Waals surface area contributed by atoms with Crippen molar-refractivity contribution in [2.24, 2.45) is 17.3 Å². The lowest BCUT2D eigenvalue weighted by Crippen LogP contribution is -2.58. The third-order valence-electron chi connectivity index (χ3n) is 4.86. The second kappa shape index (κ2) is 5.64. The van der Waals surface area contributed by atoms with Gasteiger partial charge in [0, 0.05) is 6.61 Å². The molecule has 0 aromatic rings. The highest BCUT2D eigenvalue weighted by Gasteiger charge is 2.45. The van der Waals surface area contributed by atoms with Gasteiger partial charge in [0.15, 0.2) is 0 Å². The monoisotopic (exact) mass is 283 g/mol. The van der Waals surface area contributed by atoms with Crippen molar-refractivity contribution in [3.05, 3.63) is 0 Å². The predicted molar refractivity (Wildman–Crippen MR) is 78.3 cm³/mol. The van der Waals surface area contributed by atoms with E-state index in [0.29, 0.717) is 12.5 Å². The van der Waals surface area contributed by atoms with Gasteiger partial charge in [-0.1, -0.05) is 20.8 Å². The highest BCUT2D eigenvalue weighted by atomic mass is 16.5. The molecule has 2 aliphatic rings. The van der Waals surface area contributed by atoms with Crippen molar-refractivity contribution in [1.82, 2.24) is 5.32 Å². The zero-order valence-electron chi connectivity index (χ0n) is 13.2. The first-order valence-corrected chi connectivity index (χ1v) is 7.81. The number of carbonyl (C=O) groups is 1. The van der Waals surface area contributed by atoms with E-state index in [0.717, 1.165) is 25.7 Å². The summed E-state index contributed by atoms with van der Waals surface area (Å²) in [7, 11) is 0. The Balaban J connectivity index is 2.09. The number of hydrogen-bond donors (Lipinski definition) is 2. The van der Waals surface area contributed by atoms with Crippen LogP contribution in [-0.2, 0) is 9.53 Å². The molecule has 2 rings (SSSR count). The first-order chi connectivity index (χ1) is 9.27. The fraction of sp³-hybridized carbons (Fsp3) is 0.938. The Hall–Kier alpha value is -0.610. The summed E-state index contributed by atoms with van der Waals surface area (Å²) in [6, 6.07) is 0. The van der Waals surface area contributed by atoms with Crippen molar-refractivity contribution < 1.29 is 14.6 Å². The van der Waals surface area contributed by atoms with E-state index in [9.17, 15) is 9.90 Å². The molecule has 4 atom stereocenters. The topological polar surface area (TPSA) is 58.6 Å². The van der Waals surface area contributed by atoms with Crippen LogP contribution in [0.4, 0.5) is 0 Å². The lowest BCUT2D eigenvalue weighted by atomic mass is 9.64. The molecule has 1 aliphatic heterocycles. The number of ether oxygens (including phenoxy) is 1. The zero-order chi connectivity index (χ0) is 15.0. The van der Waals surface area contributed by atoms with Gasteiger partial charge in [-0.15, -0.1) is 0 Å². The molecule has 0 bridgehead atoms. The summed E-state index contributed by atoms with van der Waals surface area (Å²) >= 11 is 0. The molecule has 116 valence electrons. The average molecular weight is 283 g/mol. The smallest absolute Gasteiger partial charge is 0.226 e. The van der Waals surface area contributed by atoms with Crippen LogP contribution in [0.2, 0.25) is 0 Å². The summed E-state index contributed by atoms with van der Waals surface area (Å²) in [5, 5.41) is 13.1. The second-order valence-electron chi connectivity index (χ2n) is 7.75. The molecule has 1 saturated heterocycles. The van der Waals surface area contributed by atoms with E-state index in [4.69, 9.17) is 4.74 Å². The number of nitrogens with one attached hydrogen (secondary N) is 1. The van der Waals surface area contributed by atoms with E-state index in [1.165, 1.54) is 0 Å². The van der Waals surface area contributed by atoms with Gasteiger partial charge >= 0.3 is 0 Å². The predicted octanol–water partition coefficient (Wildman–Crippen LogP) is 2.10. The lowest BCUT2D eigenvalue weighted by Gasteiger charge is -2.47. The van der Waals surface area contributed by atoms with E-state index in [1.807, 2.05) is 6.92 Å². The van der Waals surface area contributed by atoms with Crippen LogP contribution in [0.15, 0.2) is 0 Å². The fourth-order valence-electron chi connectivity index (χ4n) is 4.43. The summed E-state index contributed by atoms with van der Waals surface area (Å²) in [5.74, 6) is 0.496. The van der Waals surface area contributed by atoms with Crippen molar-refractivity contribution in [2.75, 3.05) is 13.2 Å². The summed E-state index contributed by atoms with van der Waals surface area (Å²) in [6.45, 7) is 9.29. The number of amides is 1. The molecule has 1 saturated carbocycles. The summed E-state index contributed by atoms with van der Waals surface area (Å²) in [6.07, 6.45) is 3.62. The van der Waals surface area contributed by atoms with Crippen LogP contribution in [0.3, 0.4) is 0 Å². The fourth-order valence-corrected chi connectivity index (χ4v) is 4.43. The molecule has 20 heavy (non-hydrogen) atoms. The molecule has 0 spiro atoms. The normalized spacial score (nSPS) is 40.5. The second-order valence-corrected chi connectivity index (χ2v) is 7.75. The van der Waals surface area contributed by atoms with Crippen LogP contribution in [0, 0.1) is 17.3 Å². The van der Waals surface area contributed by atoms with Gasteiger partial charge in [0.2, 0.25) is 5.91 Å². The SMILES string of the molecule is C[C@@H]1CC(C)(C)C[C@](CO)(NC(=O)[C@H]2CCO[C@@H]2C)C1. The van der Waals surface area contributed by atoms with Gasteiger partial charge in [-0.25, -0.2) is 0 Å². The lowest BCUT2D eigenvalue weighted by molar-refractivity contribution is -0.130. The summed E-state index contributed by atoms with van der Waals surface area (Å²) in [4.78, 5) is 12.5. The number of carbonyl (C=O) groups excluding carboxylic acids is 1. The van der Waals surface area contributed by atoms with Crippen molar-refractivity contribution in [3.63, 3.8) is 0 Å². The van der Waals surface area contributed by atoms with E-state index in [-0.39, 0.29) is 30.0 Å². The molecule has 0 unspecified atom stereocenters. The molecule has 0 aromatic carbocycles. The van der Waals surface area contributed by atoms with E-state index in [2.05, 4.69) is 26.1 Å². The Morgan fingerprint density at radius 3 is 2.55 bits per heavy atom. The average Bonchev–Trinajstić information content (AvgIpc) is 2.72. The van der Waals surface area contributed by atoms with Crippen LogP contribution >= 0.6 is 0 Å². The molecule has 2 N–H and O–H groups in total. The molecule has 1 amide bonds. The van der Waals surface area contributed by atoms with E-state index in [1.54, 1.807) is 0 Å². The standard InChI is InChI=1S/C16H29NO3/c1-11-7-15(3,4)9-16(8-11,10-18)17-14(19)13-5-6-20-12(13)2/h11-13,18H,5-10H2,1-4H3,(H,17,19)/t11-,12-,13+,16-/m1/s1. The van der Waals surface area contributed by atoms with Crippen molar-refractivity contribution in [1.29, 1.82) is 0 Å². The summed E-state index contributed by atoms with van der Waals surface area (Å²) in [5.41, 5.74) is -0.300. The van der Waals surface area contributed by atoms with Crippen molar-refractivity contribution >= 4 is 5.91 Å². The highest BCUT2D eigenvalue weighted by molar-refractivity contribution is 5.80. The number of rotatable bonds is 3. The Kier molecular flexibility index (Phi) is 4.45. The zero-order valence-corrected chi connectivity index (χ0v) is 13.2. The molecule has 0 aromatic heterocycles. The van der Waals surface area contributed by atoms with E-state index < -0.39 is 5.54 Å². The van der Waals surface area contributed by atoms with Crippen molar-refractivity contribution in [3.8, 4) is 0 Å². The molecule has 2 fully saturated rings. The largest absolute Gasteiger partial charge is 0.394 e. The third kappa shape index (κ3) is 3.34. The minimum Gasteiger partial charge on any atom is -0.394 e. The number of aliphatic hydroxyl groups excluding tert-OH is 1. The van der Waals surface area contributed by atoms with Crippen LogP contribution in [-0.4, -0.2) is 35.9 Å². The number of aliphatic hydroxyl groups is 1.